The molecular weight excluding hydrogens is 262 g/mol. The molecule has 0 spiro atoms. The van der Waals surface area contributed by atoms with Crippen molar-refractivity contribution < 1.29 is 0 Å². The molecule has 1 aliphatic heterocycles. The highest BCUT2D eigenvalue weighted by Gasteiger charge is 2.23. The molecule has 3 rings (SSSR count). The van der Waals surface area contributed by atoms with Crippen LogP contribution in [-0.4, -0.2) is 11.3 Å². The predicted octanol–water partition coefficient (Wildman–Crippen LogP) is 3.97. The van der Waals surface area contributed by atoms with Gasteiger partial charge in [-0.25, -0.2) is 0 Å². The molecule has 2 aromatic rings. The van der Waals surface area contributed by atoms with Crippen molar-refractivity contribution in [2.45, 2.75) is 42.4 Å². The van der Waals surface area contributed by atoms with E-state index in [4.69, 9.17) is 5.73 Å². The fraction of sp³-hybridized carbons (Fsp3) is 0.333. The van der Waals surface area contributed by atoms with Crippen LogP contribution in [0.4, 0.5) is 0 Å². The van der Waals surface area contributed by atoms with Crippen molar-refractivity contribution in [1.82, 2.24) is 0 Å². The van der Waals surface area contributed by atoms with Crippen LogP contribution in [0.15, 0.2) is 53.4 Å². The zero-order valence-electron chi connectivity index (χ0n) is 11.9. The normalized spacial score (nSPS) is 18.8. The van der Waals surface area contributed by atoms with Gasteiger partial charge in [-0.2, -0.15) is 0 Å². The summed E-state index contributed by atoms with van der Waals surface area (Å²) in [6.07, 6.45) is 3.24. The lowest BCUT2D eigenvalue weighted by Gasteiger charge is -2.16. The molecule has 0 saturated carbocycles. The number of rotatable bonds is 4. The smallest absolute Gasteiger partial charge is 0.0150 e. The van der Waals surface area contributed by atoms with E-state index in [1.165, 1.54) is 28.0 Å². The first kappa shape index (κ1) is 13.7. The molecule has 0 amide bonds. The van der Waals surface area contributed by atoms with Gasteiger partial charge in [-0.05, 0) is 43.4 Å². The van der Waals surface area contributed by atoms with E-state index in [0.29, 0.717) is 5.25 Å². The lowest BCUT2D eigenvalue weighted by Crippen LogP contribution is -2.27. The lowest BCUT2D eigenvalue weighted by atomic mass is 9.99. The predicted molar refractivity (Wildman–Crippen MR) is 87.3 cm³/mol. The average molecular weight is 283 g/mol. The van der Waals surface area contributed by atoms with Crippen LogP contribution in [0.2, 0.25) is 0 Å². The zero-order chi connectivity index (χ0) is 13.9. The van der Waals surface area contributed by atoms with Crippen molar-refractivity contribution in [2.24, 2.45) is 5.73 Å². The van der Waals surface area contributed by atoms with Crippen LogP contribution in [-0.2, 0) is 12.8 Å². The minimum absolute atomic E-state index is 0.254. The molecule has 2 unspecified atom stereocenters. The Balaban J connectivity index is 1.55. The van der Waals surface area contributed by atoms with E-state index < -0.39 is 0 Å². The molecular formula is C18H21NS. The largest absolute Gasteiger partial charge is 0.327 e. The van der Waals surface area contributed by atoms with Gasteiger partial charge in [-0.1, -0.05) is 48.0 Å². The van der Waals surface area contributed by atoms with Crippen LogP contribution in [0, 0.1) is 6.92 Å². The van der Waals surface area contributed by atoms with Crippen molar-refractivity contribution in [3.8, 4) is 0 Å². The first-order valence-corrected chi connectivity index (χ1v) is 8.14. The van der Waals surface area contributed by atoms with Crippen molar-refractivity contribution in [1.29, 1.82) is 0 Å². The Morgan fingerprint density at radius 3 is 2.65 bits per heavy atom. The monoisotopic (exact) mass is 283 g/mol. The second-order valence-electron chi connectivity index (χ2n) is 5.74. The second kappa shape index (κ2) is 6.02. The first-order chi connectivity index (χ1) is 9.70. The van der Waals surface area contributed by atoms with Gasteiger partial charge in [0.1, 0.15) is 0 Å². The maximum Gasteiger partial charge on any atom is 0.0150 e. The molecule has 0 aromatic heterocycles. The van der Waals surface area contributed by atoms with Gasteiger partial charge in [-0.3, -0.25) is 0 Å². The second-order valence-corrected chi connectivity index (χ2v) is 7.08. The SMILES string of the molecule is Cc1ccc(CC(N)CC2Cc3ccccc3S2)cc1. The lowest BCUT2D eigenvalue weighted by molar-refractivity contribution is 0.594. The Labute approximate surface area is 125 Å². The third-order valence-corrected chi connectivity index (χ3v) is 5.24. The van der Waals surface area contributed by atoms with E-state index in [1.54, 1.807) is 0 Å². The molecule has 0 bridgehead atoms. The summed E-state index contributed by atoms with van der Waals surface area (Å²) in [6, 6.07) is 17.7. The molecule has 2 heteroatoms. The van der Waals surface area contributed by atoms with Crippen molar-refractivity contribution in [3.63, 3.8) is 0 Å². The van der Waals surface area contributed by atoms with E-state index >= 15 is 0 Å². The van der Waals surface area contributed by atoms with E-state index in [-0.39, 0.29) is 6.04 Å². The maximum atomic E-state index is 6.35. The molecule has 1 heterocycles. The summed E-state index contributed by atoms with van der Waals surface area (Å²) in [6.45, 7) is 2.12. The number of benzene rings is 2. The molecule has 1 nitrogen and oxygen atoms in total. The Morgan fingerprint density at radius 2 is 1.90 bits per heavy atom. The molecule has 2 aromatic carbocycles. The summed E-state index contributed by atoms with van der Waals surface area (Å²) in [5.74, 6) is 0. The molecule has 0 radical (unpaired) electrons. The highest BCUT2D eigenvalue weighted by Crippen LogP contribution is 2.38. The highest BCUT2D eigenvalue weighted by molar-refractivity contribution is 8.00. The van der Waals surface area contributed by atoms with Crippen molar-refractivity contribution in [2.75, 3.05) is 0 Å². The van der Waals surface area contributed by atoms with Crippen LogP contribution >= 0.6 is 11.8 Å². The van der Waals surface area contributed by atoms with Gasteiger partial charge in [-0.15, -0.1) is 11.8 Å². The van der Waals surface area contributed by atoms with Crippen molar-refractivity contribution >= 4 is 11.8 Å². The summed E-state index contributed by atoms with van der Waals surface area (Å²) in [5, 5.41) is 0.646. The average Bonchev–Trinajstić information content (AvgIpc) is 2.83. The Hall–Kier alpha value is -1.25. The molecule has 20 heavy (non-hydrogen) atoms. The standard InChI is InChI=1S/C18H21NS/c1-13-6-8-14(9-7-13)10-16(19)12-17-11-15-4-2-3-5-18(15)20-17/h2-9,16-17H,10-12,19H2,1H3. The zero-order valence-corrected chi connectivity index (χ0v) is 12.7. The van der Waals surface area contributed by atoms with E-state index in [0.717, 1.165) is 12.8 Å². The summed E-state index contributed by atoms with van der Waals surface area (Å²) in [4.78, 5) is 1.44. The summed E-state index contributed by atoms with van der Waals surface area (Å²) in [7, 11) is 0. The van der Waals surface area contributed by atoms with Crippen LogP contribution in [0.1, 0.15) is 23.1 Å². The molecule has 0 saturated heterocycles. The molecule has 1 aliphatic rings. The number of thioether (sulfide) groups is 1. The third-order valence-electron chi connectivity index (χ3n) is 3.90. The third kappa shape index (κ3) is 3.25. The van der Waals surface area contributed by atoms with Crippen LogP contribution in [0.25, 0.3) is 0 Å². The molecule has 0 aliphatic carbocycles. The maximum absolute atomic E-state index is 6.35. The topological polar surface area (TPSA) is 26.0 Å². The van der Waals surface area contributed by atoms with Gasteiger partial charge >= 0.3 is 0 Å². The van der Waals surface area contributed by atoms with Gasteiger partial charge in [0.15, 0.2) is 0 Å². The Kier molecular flexibility index (Phi) is 4.13. The molecule has 2 atom stereocenters. The summed E-state index contributed by atoms with van der Waals surface area (Å²) < 4.78 is 0. The number of nitrogens with two attached hydrogens (primary N) is 1. The van der Waals surface area contributed by atoms with Gasteiger partial charge in [0, 0.05) is 16.2 Å². The molecule has 2 N–H and O–H groups in total. The number of hydrogen-bond donors (Lipinski definition) is 1. The minimum atomic E-state index is 0.254. The van der Waals surface area contributed by atoms with E-state index in [1.807, 2.05) is 11.8 Å². The van der Waals surface area contributed by atoms with Crippen molar-refractivity contribution in [3.05, 3.63) is 65.2 Å². The number of aryl methyl sites for hydroxylation is 1. The Bertz CT molecular complexity index is 551. The first-order valence-electron chi connectivity index (χ1n) is 7.26. The highest BCUT2D eigenvalue weighted by atomic mass is 32.2. The Morgan fingerprint density at radius 1 is 1.15 bits per heavy atom. The van der Waals surface area contributed by atoms with Crippen LogP contribution in [0.5, 0.6) is 0 Å². The van der Waals surface area contributed by atoms with E-state index in [2.05, 4.69) is 55.5 Å². The van der Waals surface area contributed by atoms with Gasteiger partial charge in [0.2, 0.25) is 0 Å². The summed E-state index contributed by atoms with van der Waals surface area (Å²) >= 11 is 2.00. The number of fused-ring (bicyclic) bond motifs is 1. The van der Waals surface area contributed by atoms with Gasteiger partial charge in [0.25, 0.3) is 0 Å². The summed E-state index contributed by atoms with van der Waals surface area (Å²) in [5.41, 5.74) is 10.5. The van der Waals surface area contributed by atoms with Gasteiger partial charge < -0.3 is 5.73 Å². The van der Waals surface area contributed by atoms with Gasteiger partial charge in [0.05, 0.1) is 0 Å². The molecule has 104 valence electrons. The molecule has 0 fully saturated rings. The van der Waals surface area contributed by atoms with Crippen LogP contribution < -0.4 is 5.73 Å². The fourth-order valence-corrected chi connectivity index (χ4v) is 4.26. The quantitative estimate of drug-likeness (QED) is 0.918. The van der Waals surface area contributed by atoms with Crippen LogP contribution in [0.3, 0.4) is 0 Å². The minimum Gasteiger partial charge on any atom is -0.327 e. The number of hydrogen-bond acceptors (Lipinski definition) is 2. The fourth-order valence-electron chi connectivity index (χ4n) is 2.83. The van der Waals surface area contributed by atoms with E-state index in [9.17, 15) is 0 Å².